The molecule has 9 heteroatoms. The second-order valence-electron chi connectivity index (χ2n) is 6.51. The summed E-state index contributed by atoms with van der Waals surface area (Å²) in [6.45, 7) is 0. The lowest BCUT2D eigenvalue weighted by atomic mass is 10.1. The van der Waals surface area contributed by atoms with Crippen LogP contribution in [-0.2, 0) is 10.0 Å². The molecule has 0 aliphatic carbocycles. The monoisotopic (exact) mass is 436 g/mol. The molecule has 7 nitrogen and oxygen atoms in total. The van der Waals surface area contributed by atoms with Crippen LogP contribution in [0, 0.1) is 0 Å². The predicted octanol–water partition coefficient (Wildman–Crippen LogP) is 4.14. The van der Waals surface area contributed by atoms with Crippen LogP contribution < -0.4 is 4.72 Å². The molecule has 1 unspecified atom stereocenters. The summed E-state index contributed by atoms with van der Waals surface area (Å²) in [5.74, 6) is 0.913. The van der Waals surface area contributed by atoms with E-state index < -0.39 is 16.1 Å². The first-order valence-corrected chi connectivity index (χ1v) is 11.5. The fraction of sp³-hybridized carbons (Fsp3) is 0.0476. The number of para-hydroxylation sites is 1. The number of hydrogen-bond acceptors (Lipinski definition) is 6. The number of aromatic nitrogens is 3. The molecule has 1 aromatic carbocycles. The van der Waals surface area contributed by atoms with E-state index in [9.17, 15) is 8.42 Å². The molecule has 5 rings (SSSR count). The van der Waals surface area contributed by atoms with Gasteiger partial charge in [-0.05, 0) is 41.8 Å². The highest BCUT2D eigenvalue weighted by molar-refractivity contribution is 7.91. The highest BCUT2D eigenvalue weighted by atomic mass is 32.2. The molecule has 0 radical (unpaired) electrons. The highest BCUT2D eigenvalue weighted by Gasteiger charge is 2.29. The molecule has 0 saturated heterocycles. The van der Waals surface area contributed by atoms with Gasteiger partial charge in [0.2, 0.25) is 5.95 Å². The van der Waals surface area contributed by atoms with Gasteiger partial charge in [0, 0.05) is 17.8 Å². The molecule has 0 saturated carbocycles. The van der Waals surface area contributed by atoms with E-state index in [0.717, 1.165) is 22.2 Å². The zero-order chi connectivity index (χ0) is 20.6. The van der Waals surface area contributed by atoms with Gasteiger partial charge in [0.05, 0.1) is 17.5 Å². The number of fused-ring (bicyclic) bond motifs is 1. The largest absolute Gasteiger partial charge is 0.467 e. The standard InChI is InChI=1S/C21H16N4O3S2/c26-30(27,19-9-4-13-29-19)24-20(18-8-3-12-28-18)17-14-15-6-1-2-7-16(15)25(17)21-22-10-5-11-23-21/h1-14,20,24H. The third kappa shape index (κ3) is 3.32. The molecular formula is C21H16N4O3S2. The van der Waals surface area contributed by atoms with Gasteiger partial charge in [-0.15, -0.1) is 11.3 Å². The Bertz CT molecular complexity index is 1380. The average molecular weight is 437 g/mol. The topological polar surface area (TPSA) is 90.0 Å². The quantitative estimate of drug-likeness (QED) is 0.432. The zero-order valence-corrected chi connectivity index (χ0v) is 17.2. The molecule has 30 heavy (non-hydrogen) atoms. The van der Waals surface area contributed by atoms with Crippen molar-refractivity contribution in [3.8, 4) is 5.95 Å². The van der Waals surface area contributed by atoms with E-state index in [4.69, 9.17) is 4.42 Å². The number of rotatable bonds is 6. The molecular weight excluding hydrogens is 420 g/mol. The molecule has 4 aromatic heterocycles. The SMILES string of the molecule is O=S(=O)(NC(c1ccco1)c1cc2ccccc2n1-c1ncccn1)c1cccs1. The van der Waals surface area contributed by atoms with E-state index in [1.165, 1.54) is 6.26 Å². The minimum Gasteiger partial charge on any atom is -0.467 e. The molecule has 0 aliphatic rings. The number of thiophene rings is 1. The second-order valence-corrected chi connectivity index (χ2v) is 9.40. The van der Waals surface area contributed by atoms with Crippen LogP contribution in [0.3, 0.4) is 0 Å². The van der Waals surface area contributed by atoms with Crippen LogP contribution in [0.1, 0.15) is 17.5 Å². The fourth-order valence-corrected chi connectivity index (χ4v) is 5.56. The average Bonchev–Trinajstić information content (AvgIpc) is 3.53. The van der Waals surface area contributed by atoms with Crippen LogP contribution >= 0.6 is 11.3 Å². The van der Waals surface area contributed by atoms with Crippen molar-refractivity contribution in [2.24, 2.45) is 0 Å². The van der Waals surface area contributed by atoms with Gasteiger partial charge in [-0.2, -0.15) is 4.72 Å². The predicted molar refractivity (Wildman–Crippen MR) is 114 cm³/mol. The molecule has 0 aliphatic heterocycles. The van der Waals surface area contributed by atoms with E-state index >= 15 is 0 Å². The Balaban J connectivity index is 1.73. The molecule has 150 valence electrons. The maximum atomic E-state index is 13.1. The maximum Gasteiger partial charge on any atom is 0.251 e. The Morgan fingerprint density at radius 1 is 1.00 bits per heavy atom. The van der Waals surface area contributed by atoms with E-state index in [-0.39, 0.29) is 4.21 Å². The number of nitrogens with zero attached hydrogens (tertiary/aromatic N) is 3. The molecule has 0 amide bonds. The third-order valence-electron chi connectivity index (χ3n) is 4.65. The van der Waals surface area contributed by atoms with Crippen molar-refractivity contribution in [3.05, 3.63) is 96.2 Å². The Hall–Kier alpha value is -3.27. The van der Waals surface area contributed by atoms with Crippen molar-refractivity contribution >= 4 is 32.3 Å². The second kappa shape index (κ2) is 7.52. The van der Waals surface area contributed by atoms with Gasteiger partial charge in [0.15, 0.2) is 0 Å². The highest BCUT2D eigenvalue weighted by Crippen LogP contribution is 2.32. The van der Waals surface area contributed by atoms with Gasteiger partial charge in [0.1, 0.15) is 16.0 Å². The summed E-state index contributed by atoms with van der Waals surface area (Å²) in [7, 11) is -3.77. The van der Waals surface area contributed by atoms with Crippen LogP contribution in [0.15, 0.2) is 93.3 Å². The lowest BCUT2D eigenvalue weighted by Gasteiger charge is -2.18. The molecule has 1 atom stereocenters. The first-order valence-electron chi connectivity index (χ1n) is 9.10. The first-order chi connectivity index (χ1) is 14.6. The number of benzene rings is 1. The normalized spacial score (nSPS) is 12.9. The molecule has 1 N–H and O–H groups in total. The van der Waals surface area contributed by atoms with Gasteiger partial charge >= 0.3 is 0 Å². The number of sulfonamides is 1. The van der Waals surface area contributed by atoms with Crippen LogP contribution in [0.5, 0.6) is 0 Å². The van der Waals surface area contributed by atoms with E-state index in [0.29, 0.717) is 17.4 Å². The number of furan rings is 1. The molecule has 0 fully saturated rings. The maximum absolute atomic E-state index is 13.1. The van der Waals surface area contributed by atoms with Crippen molar-refractivity contribution < 1.29 is 12.8 Å². The smallest absolute Gasteiger partial charge is 0.251 e. The van der Waals surface area contributed by atoms with Crippen LogP contribution in [0.2, 0.25) is 0 Å². The molecule has 0 bridgehead atoms. The van der Waals surface area contributed by atoms with Crippen LogP contribution in [0.25, 0.3) is 16.9 Å². The lowest BCUT2D eigenvalue weighted by Crippen LogP contribution is -2.30. The van der Waals surface area contributed by atoms with Crippen LogP contribution in [-0.4, -0.2) is 23.0 Å². The van der Waals surface area contributed by atoms with Crippen molar-refractivity contribution in [2.45, 2.75) is 10.3 Å². The molecule has 5 aromatic rings. The van der Waals surface area contributed by atoms with Crippen molar-refractivity contribution in [1.29, 1.82) is 0 Å². The van der Waals surface area contributed by atoms with E-state index in [1.807, 2.05) is 34.9 Å². The lowest BCUT2D eigenvalue weighted by molar-refractivity contribution is 0.465. The summed E-state index contributed by atoms with van der Waals surface area (Å²) in [5.41, 5.74) is 1.52. The van der Waals surface area contributed by atoms with Gasteiger partial charge in [0.25, 0.3) is 10.0 Å². The Morgan fingerprint density at radius 2 is 1.83 bits per heavy atom. The minimum absolute atomic E-state index is 0.234. The van der Waals surface area contributed by atoms with Crippen molar-refractivity contribution in [3.63, 3.8) is 0 Å². The van der Waals surface area contributed by atoms with Gasteiger partial charge < -0.3 is 4.42 Å². The van der Waals surface area contributed by atoms with Gasteiger partial charge in [-0.3, -0.25) is 4.57 Å². The minimum atomic E-state index is -3.77. The third-order valence-corrected chi connectivity index (χ3v) is 7.47. The van der Waals surface area contributed by atoms with E-state index in [2.05, 4.69) is 14.7 Å². The summed E-state index contributed by atoms with van der Waals surface area (Å²) in [6, 6.07) is 17.4. The van der Waals surface area contributed by atoms with E-state index in [1.54, 1.807) is 48.1 Å². The van der Waals surface area contributed by atoms with Crippen molar-refractivity contribution in [2.75, 3.05) is 0 Å². The summed E-state index contributed by atoms with van der Waals surface area (Å²) in [5, 5.41) is 2.66. The number of nitrogens with one attached hydrogen (secondary N) is 1. The molecule has 0 spiro atoms. The Kier molecular flexibility index (Phi) is 4.70. The molecule has 4 heterocycles. The first kappa shape index (κ1) is 18.7. The Labute approximate surface area is 176 Å². The zero-order valence-electron chi connectivity index (χ0n) is 15.5. The summed E-state index contributed by atoms with van der Waals surface area (Å²) >= 11 is 1.16. The van der Waals surface area contributed by atoms with Crippen molar-refractivity contribution in [1.82, 2.24) is 19.3 Å². The number of hydrogen-bond donors (Lipinski definition) is 1. The summed E-state index contributed by atoms with van der Waals surface area (Å²) in [4.78, 5) is 8.78. The van der Waals surface area contributed by atoms with Crippen LogP contribution in [0.4, 0.5) is 0 Å². The van der Waals surface area contributed by atoms with Gasteiger partial charge in [-0.1, -0.05) is 24.3 Å². The Morgan fingerprint density at radius 3 is 2.57 bits per heavy atom. The summed E-state index contributed by atoms with van der Waals surface area (Å²) < 4.78 is 36.6. The summed E-state index contributed by atoms with van der Waals surface area (Å²) in [6.07, 6.45) is 4.82. The van der Waals surface area contributed by atoms with Gasteiger partial charge in [-0.25, -0.2) is 18.4 Å². The fourth-order valence-electron chi connectivity index (χ4n) is 3.37.